The Labute approximate surface area is 202 Å². The second-order valence-corrected chi connectivity index (χ2v) is 8.36. The molecule has 3 aromatic rings. The predicted molar refractivity (Wildman–Crippen MR) is 130 cm³/mol. The summed E-state index contributed by atoms with van der Waals surface area (Å²) in [5.74, 6) is -1.94. The molecule has 1 aliphatic carbocycles. The summed E-state index contributed by atoms with van der Waals surface area (Å²) in [4.78, 5) is 36.4. The number of ether oxygens (including phenoxy) is 1. The third-order valence-electron chi connectivity index (χ3n) is 6.10. The minimum absolute atomic E-state index is 0.0779. The number of fused-ring (bicyclic) bond motifs is 3. The molecular weight excluding hydrogens is 448 g/mol. The van der Waals surface area contributed by atoms with Crippen molar-refractivity contribution >= 4 is 23.7 Å². The first-order valence-corrected chi connectivity index (χ1v) is 11.3. The lowest BCUT2D eigenvalue weighted by Gasteiger charge is -2.16. The number of carboxylic acid groups (broad SMARTS) is 1. The number of aliphatic hydroxyl groups is 1. The van der Waals surface area contributed by atoms with E-state index in [1.54, 1.807) is 13.0 Å². The van der Waals surface area contributed by atoms with E-state index in [-0.39, 0.29) is 31.1 Å². The highest BCUT2D eigenvalue weighted by Gasteiger charge is 2.29. The molecule has 180 valence electrons. The van der Waals surface area contributed by atoms with Crippen LogP contribution in [0.1, 0.15) is 39.4 Å². The van der Waals surface area contributed by atoms with E-state index < -0.39 is 24.0 Å². The molecule has 1 aliphatic rings. The highest BCUT2D eigenvalue weighted by molar-refractivity contribution is 5.98. The van der Waals surface area contributed by atoms with Crippen molar-refractivity contribution in [1.82, 2.24) is 5.32 Å². The van der Waals surface area contributed by atoms with Gasteiger partial charge in [-0.3, -0.25) is 10.1 Å². The molecule has 2 amide bonds. The maximum absolute atomic E-state index is 12.6. The number of amides is 2. The molecular formula is C27H26N2O6. The van der Waals surface area contributed by atoms with Crippen LogP contribution in [-0.2, 0) is 9.53 Å². The molecule has 0 unspecified atom stereocenters. The third-order valence-corrected chi connectivity index (χ3v) is 6.10. The fraction of sp³-hybridized carbons (Fsp3) is 0.222. The Morgan fingerprint density at radius 1 is 0.971 bits per heavy atom. The zero-order valence-electron chi connectivity index (χ0n) is 19.2. The quantitative estimate of drug-likeness (QED) is 0.392. The number of hydrogen-bond acceptors (Lipinski definition) is 5. The Morgan fingerprint density at radius 3 is 2.20 bits per heavy atom. The van der Waals surface area contributed by atoms with Crippen LogP contribution >= 0.6 is 0 Å². The minimum Gasteiger partial charge on any atom is -0.480 e. The number of aliphatic hydroxyl groups excluding tert-OH is 1. The van der Waals surface area contributed by atoms with Crippen molar-refractivity contribution in [2.24, 2.45) is 0 Å². The van der Waals surface area contributed by atoms with Gasteiger partial charge in [-0.25, -0.2) is 9.59 Å². The number of rotatable bonds is 8. The molecule has 0 aliphatic heterocycles. The SMILES string of the molecule is Cc1ccc(C(=O)N[C@@H](CCO)C(=O)O)cc1NC(=O)OCC1c2ccccc2-c2ccccc21. The van der Waals surface area contributed by atoms with Crippen LogP contribution in [0.15, 0.2) is 66.7 Å². The normalized spacial score (nSPS) is 12.9. The molecule has 0 saturated heterocycles. The number of benzene rings is 3. The second-order valence-electron chi connectivity index (χ2n) is 8.36. The summed E-state index contributed by atoms with van der Waals surface area (Å²) in [5, 5.41) is 23.3. The Kier molecular flexibility index (Phi) is 7.12. The topological polar surface area (TPSA) is 125 Å². The Bertz CT molecular complexity index is 1230. The van der Waals surface area contributed by atoms with Crippen molar-refractivity contribution in [1.29, 1.82) is 0 Å². The van der Waals surface area contributed by atoms with Gasteiger partial charge in [0.2, 0.25) is 0 Å². The summed E-state index contributed by atoms with van der Waals surface area (Å²) in [6.45, 7) is 1.55. The number of carbonyl (C=O) groups is 3. The molecule has 4 rings (SSSR count). The number of nitrogens with one attached hydrogen (secondary N) is 2. The first-order valence-electron chi connectivity index (χ1n) is 11.3. The van der Waals surface area contributed by atoms with E-state index in [1.165, 1.54) is 12.1 Å². The standard InChI is InChI=1S/C27H26N2O6/c1-16-10-11-17(25(31)28-23(12-13-30)26(32)33)14-24(16)29-27(34)35-15-22-20-8-4-2-6-18(20)19-7-3-5-9-21(19)22/h2-11,14,22-23,30H,12-13,15H2,1H3,(H,28,31)(H,29,34)(H,32,33)/t23-/m0/s1. The number of carboxylic acids is 1. The summed E-state index contributed by atoms with van der Waals surface area (Å²) >= 11 is 0. The van der Waals surface area contributed by atoms with Crippen LogP contribution in [-0.4, -0.2) is 47.4 Å². The maximum atomic E-state index is 12.6. The van der Waals surface area contributed by atoms with Gasteiger partial charge in [-0.05, 0) is 46.9 Å². The third kappa shape index (κ3) is 5.17. The van der Waals surface area contributed by atoms with E-state index in [4.69, 9.17) is 9.84 Å². The summed E-state index contributed by atoms with van der Waals surface area (Å²) in [6.07, 6.45) is -0.770. The minimum atomic E-state index is -1.24. The van der Waals surface area contributed by atoms with Gasteiger partial charge in [0.15, 0.2) is 0 Å². The van der Waals surface area contributed by atoms with E-state index >= 15 is 0 Å². The number of anilines is 1. The zero-order valence-corrected chi connectivity index (χ0v) is 19.2. The summed E-state index contributed by atoms with van der Waals surface area (Å²) in [7, 11) is 0. The lowest BCUT2D eigenvalue weighted by molar-refractivity contribution is -0.139. The molecule has 35 heavy (non-hydrogen) atoms. The molecule has 0 bridgehead atoms. The fourth-order valence-electron chi connectivity index (χ4n) is 4.27. The number of aliphatic carboxylic acids is 1. The van der Waals surface area contributed by atoms with E-state index in [1.807, 2.05) is 36.4 Å². The van der Waals surface area contributed by atoms with Crippen LogP contribution in [0.25, 0.3) is 11.1 Å². The lowest BCUT2D eigenvalue weighted by Crippen LogP contribution is -2.41. The first kappa shape index (κ1) is 24.0. The first-order chi connectivity index (χ1) is 16.9. The van der Waals surface area contributed by atoms with Gasteiger partial charge in [-0.1, -0.05) is 54.6 Å². The molecule has 3 aromatic carbocycles. The Balaban J connectivity index is 1.43. The highest BCUT2D eigenvalue weighted by atomic mass is 16.5. The van der Waals surface area contributed by atoms with E-state index in [0.29, 0.717) is 11.3 Å². The monoisotopic (exact) mass is 474 g/mol. The fourth-order valence-corrected chi connectivity index (χ4v) is 4.27. The number of hydrogen-bond donors (Lipinski definition) is 4. The van der Waals surface area contributed by atoms with Gasteiger partial charge in [0.05, 0.1) is 0 Å². The molecule has 8 heteroatoms. The largest absolute Gasteiger partial charge is 0.480 e. The Morgan fingerprint density at radius 2 is 1.60 bits per heavy atom. The van der Waals surface area contributed by atoms with Crippen LogP contribution in [0.3, 0.4) is 0 Å². The second kappa shape index (κ2) is 10.4. The van der Waals surface area contributed by atoms with E-state index in [0.717, 1.165) is 22.3 Å². The van der Waals surface area contributed by atoms with Gasteiger partial charge in [-0.15, -0.1) is 0 Å². The van der Waals surface area contributed by atoms with Crippen molar-refractivity contribution < 1.29 is 29.3 Å². The van der Waals surface area contributed by atoms with Crippen LogP contribution in [0, 0.1) is 6.92 Å². The van der Waals surface area contributed by atoms with Crippen LogP contribution in [0.4, 0.5) is 10.5 Å². The molecule has 8 nitrogen and oxygen atoms in total. The van der Waals surface area contributed by atoms with Gasteiger partial charge in [0.25, 0.3) is 5.91 Å². The molecule has 0 spiro atoms. The van der Waals surface area contributed by atoms with Gasteiger partial charge in [-0.2, -0.15) is 0 Å². The van der Waals surface area contributed by atoms with Crippen molar-refractivity contribution in [3.63, 3.8) is 0 Å². The van der Waals surface area contributed by atoms with Crippen molar-refractivity contribution in [2.75, 3.05) is 18.5 Å². The molecule has 0 heterocycles. The average Bonchev–Trinajstić information content (AvgIpc) is 3.17. The number of carbonyl (C=O) groups excluding carboxylic acids is 2. The predicted octanol–water partition coefficient (Wildman–Crippen LogP) is 3.92. The zero-order chi connectivity index (χ0) is 24.9. The van der Waals surface area contributed by atoms with Gasteiger partial charge < -0.3 is 20.3 Å². The molecule has 0 fully saturated rings. The molecule has 0 saturated carbocycles. The van der Waals surface area contributed by atoms with Crippen molar-refractivity contribution in [3.05, 3.63) is 89.0 Å². The lowest BCUT2D eigenvalue weighted by atomic mass is 9.98. The average molecular weight is 475 g/mol. The van der Waals surface area contributed by atoms with Gasteiger partial charge >= 0.3 is 12.1 Å². The van der Waals surface area contributed by atoms with Crippen LogP contribution in [0.2, 0.25) is 0 Å². The van der Waals surface area contributed by atoms with E-state index in [9.17, 15) is 19.5 Å². The van der Waals surface area contributed by atoms with Crippen LogP contribution in [0.5, 0.6) is 0 Å². The highest BCUT2D eigenvalue weighted by Crippen LogP contribution is 2.44. The van der Waals surface area contributed by atoms with Gasteiger partial charge in [0, 0.05) is 30.2 Å². The number of aryl methyl sites for hydroxylation is 1. The molecule has 1 atom stereocenters. The summed E-state index contributed by atoms with van der Waals surface area (Å²) in [5.41, 5.74) is 5.73. The summed E-state index contributed by atoms with van der Waals surface area (Å²) in [6, 6.07) is 19.5. The molecule has 4 N–H and O–H groups in total. The molecule has 0 radical (unpaired) electrons. The van der Waals surface area contributed by atoms with Gasteiger partial charge in [0.1, 0.15) is 12.6 Å². The smallest absolute Gasteiger partial charge is 0.411 e. The van der Waals surface area contributed by atoms with Crippen LogP contribution < -0.4 is 10.6 Å². The van der Waals surface area contributed by atoms with Crippen molar-refractivity contribution in [3.8, 4) is 11.1 Å². The van der Waals surface area contributed by atoms with E-state index in [2.05, 4.69) is 22.8 Å². The maximum Gasteiger partial charge on any atom is 0.411 e. The molecule has 0 aromatic heterocycles. The Hall–Kier alpha value is -4.17. The summed E-state index contributed by atoms with van der Waals surface area (Å²) < 4.78 is 5.57. The van der Waals surface area contributed by atoms with Crippen molar-refractivity contribution in [2.45, 2.75) is 25.3 Å².